The third kappa shape index (κ3) is 6.04. The van der Waals surface area contributed by atoms with Crippen molar-refractivity contribution in [3.63, 3.8) is 0 Å². The zero-order valence-corrected chi connectivity index (χ0v) is 18.0. The number of nitrogens with one attached hydrogen (secondary N) is 1. The van der Waals surface area contributed by atoms with Gasteiger partial charge in [-0.3, -0.25) is 0 Å². The standard InChI is InChI=1S/C23H27NO7/c1-23(2,3)31-22(27)24-17(21(26)28-4)11-14-5-10-18-19(12-14)29-13-20(30-18)15-6-8-16(25)9-7-15/h5-10,12,17,20,25H,11,13H2,1-4H3,(H,24,27). The van der Waals surface area contributed by atoms with Gasteiger partial charge in [-0.15, -0.1) is 0 Å². The number of benzene rings is 2. The number of ether oxygens (including phenoxy) is 4. The van der Waals surface area contributed by atoms with Gasteiger partial charge < -0.3 is 29.4 Å². The smallest absolute Gasteiger partial charge is 0.408 e. The minimum absolute atomic E-state index is 0.186. The molecule has 8 nitrogen and oxygen atoms in total. The molecule has 0 aliphatic carbocycles. The maximum atomic E-state index is 12.2. The highest BCUT2D eigenvalue weighted by atomic mass is 16.6. The molecule has 1 aliphatic heterocycles. The lowest BCUT2D eigenvalue weighted by Crippen LogP contribution is -2.45. The summed E-state index contributed by atoms with van der Waals surface area (Å²) in [7, 11) is 1.26. The molecule has 0 saturated carbocycles. The zero-order chi connectivity index (χ0) is 22.6. The molecule has 166 valence electrons. The minimum atomic E-state index is -0.910. The van der Waals surface area contributed by atoms with E-state index in [2.05, 4.69) is 5.32 Å². The number of carbonyl (C=O) groups excluding carboxylic acids is 2. The van der Waals surface area contributed by atoms with Crippen molar-refractivity contribution in [2.45, 2.75) is 44.9 Å². The van der Waals surface area contributed by atoms with Crippen LogP contribution < -0.4 is 14.8 Å². The number of esters is 1. The Hall–Kier alpha value is -3.42. The van der Waals surface area contributed by atoms with Crippen LogP contribution in [0, 0.1) is 0 Å². The van der Waals surface area contributed by atoms with Crippen LogP contribution in [0.1, 0.15) is 38.0 Å². The van der Waals surface area contributed by atoms with Crippen LogP contribution in [0.15, 0.2) is 42.5 Å². The number of hydrogen-bond donors (Lipinski definition) is 2. The summed E-state index contributed by atoms with van der Waals surface area (Å²) in [6.07, 6.45) is -0.794. The van der Waals surface area contributed by atoms with E-state index in [1.54, 1.807) is 63.2 Å². The second-order valence-corrected chi connectivity index (χ2v) is 8.22. The van der Waals surface area contributed by atoms with E-state index in [0.29, 0.717) is 18.1 Å². The lowest BCUT2D eigenvalue weighted by Gasteiger charge is -2.27. The third-order valence-corrected chi connectivity index (χ3v) is 4.55. The Kier molecular flexibility index (Phi) is 6.58. The molecule has 0 aromatic heterocycles. The predicted molar refractivity (Wildman–Crippen MR) is 112 cm³/mol. The first kappa shape index (κ1) is 22.3. The number of amides is 1. The zero-order valence-electron chi connectivity index (χ0n) is 18.0. The Balaban J connectivity index is 1.70. The van der Waals surface area contributed by atoms with E-state index >= 15 is 0 Å². The second-order valence-electron chi connectivity index (χ2n) is 8.22. The van der Waals surface area contributed by atoms with Gasteiger partial charge >= 0.3 is 12.1 Å². The molecular formula is C23H27NO7. The SMILES string of the molecule is COC(=O)C(Cc1ccc2c(c1)OCC(c1ccc(O)cc1)O2)NC(=O)OC(C)(C)C. The van der Waals surface area contributed by atoms with E-state index in [9.17, 15) is 14.7 Å². The van der Waals surface area contributed by atoms with E-state index in [0.717, 1.165) is 11.1 Å². The lowest BCUT2D eigenvalue weighted by atomic mass is 10.0. The molecule has 0 bridgehead atoms. The summed E-state index contributed by atoms with van der Waals surface area (Å²) >= 11 is 0. The van der Waals surface area contributed by atoms with Gasteiger partial charge in [-0.05, 0) is 56.2 Å². The Morgan fingerprint density at radius 3 is 2.52 bits per heavy atom. The number of phenols is 1. The molecule has 0 spiro atoms. The lowest BCUT2D eigenvalue weighted by molar-refractivity contribution is -0.143. The Morgan fingerprint density at radius 1 is 1.16 bits per heavy atom. The van der Waals surface area contributed by atoms with Crippen molar-refractivity contribution in [2.75, 3.05) is 13.7 Å². The summed E-state index contributed by atoms with van der Waals surface area (Å²) in [5.41, 5.74) is 0.965. The van der Waals surface area contributed by atoms with E-state index in [1.807, 2.05) is 0 Å². The van der Waals surface area contributed by atoms with Crippen molar-refractivity contribution in [1.29, 1.82) is 0 Å². The molecule has 1 amide bonds. The first-order chi connectivity index (χ1) is 14.6. The topological polar surface area (TPSA) is 103 Å². The highest BCUT2D eigenvalue weighted by Crippen LogP contribution is 2.37. The third-order valence-electron chi connectivity index (χ3n) is 4.55. The highest BCUT2D eigenvalue weighted by molar-refractivity contribution is 5.81. The van der Waals surface area contributed by atoms with E-state index < -0.39 is 23.7 Å². The minimum Gasteiger partial charge on any atom is -0.508 e. The van der Waals surface area contributed by atoms with Crippen LogP contribution in [0.2, 0.25) is 0 Å². The molecule has 8 heteroatoms. The summed E-state index contributed by atoms with van der Waals surface area (Å²) in [4.78, 5) is 24.3. The molecule has 1 heterocycles. The molecular weight excluding hydrogens is 402 g/mol. The van der Waals surface area contributed by atoms with Crippen LogP contribution in [0.3, 0.4) is 0 Å². The first-order valence-electron chi connectivity index (χ1n) is 9.93. The van der Waals surface area contributed by atoms with Crippen molar-refractivity contribution in [3.05, 3.63) is 53.6 Å². The predicted octanol–water partition coefficient (Wildman–Crippen LogP) is 3.51. The van der Waals surface area contributed by atoms with Crippen molar-refractivity contribution >= 4 is 12.1 Å². The second kappa shape index (κ2) is 9.16. The number of aromatic hydroxyl groups is 1. The van der Waals surface area contributed by atoms with Gasteiger partial charge in [0.2, 0.25) is 0 Å². The number of carbonyl (C=O) groups is 2. The van der Waals surface area contributed by atoms with Gasteiger partial charge in [-0.25, -0.2) is 9.59 Å². The molecule has 2 N–H and O–H groups in total. The van der Waals surface area contributed by atoms with Crippen molar-refractivity contribution in [2.24, 2.45) is 0 Å². The van der Waals surface area contributed by atoms with Crippen molar-refractivity contribution in [1.82, 2.24) is 5.32 Å². The van der Waals surface area contributed by atoms with E-state index in [4.69, 9.17) is 18.9 Å². The molecule has 2 aromatic carbocycles. The number of fused-ring (bicyclic) bond motifs is 1. The van der Waals surface area contributed by atoms with E-state index in [-0.39, 0.29) is 18.3 Å². The monoisotopic (exact) mass is 429 g/mol. The Bertz CT molecular complexity index is 934. The van der Waals surface area contributed by atoms with Gasteiger partial charge in [0, 0.05) is 6.42 Å². The number of methoxy groups -OCH3 is 1. The van der Waals surface area contributed by atoms with Gasteiger partial charge in [0.15, 0.2) is 17.6 Å². The fourth-order valence-electron chi connectivity index (χ4n) is 3.12. The van der Waals surface area contributed by atoms with Crippen LogP contribution >= 0.6 is 0 Å². The average Bonchev–Trinajstić information content (AvgIpc) is 2.71. The van der Waals surface area contributed by atoms with Gasteiger partial charge in [-0.2, -0.15) is 0 Å². The van der Waals surface area contributed by atoms with Crippen LogP contribution in [0.5, 0.6) is 17.2 Å². The maximum absolute atomic E-state index is 12.2. The highest BCUT2D eigenvalue weighted by Gasteiger charge is 2.27. The Morgan fingerprint density at radius 2 is 1.87 bits per heavy atom. The summed E-state index contributed by atoms with van der Waals surface area (Å²) in [6, 6.07) is 11.2. The number of hydrogen-bond acceptors (Lipinski definition) is 7. The summed E-state index contributed by atoms with van der Waals surface area (Å²) < 4.78 is 21.9. The van der Waals surface area contributed by atoms with Crippen LogP contribution in [-0.2, 0) is 20.7 Å². The summed E-state index contributed by atoms with van der Waals surface area (Å²) in [5, 5.41) is 12.0. The van der Waals surface area contributed by atoms with Gasteiger partial charge in [0.25, 0.3) is 0 Å². The molecule has 2 atom stereocenters. The number of alkyl carbamates (subject to hydrolysis) is 1. The average molecular weight is 429 g/mol. The number of rotatable bonds is 5. The van der Waals surface area contributed by atoms with Crippen LogP contribution in [-0.4, -0.2) is 42.5 Å². The van der Waals surface area contributed by atoms with Crippen molar-refractivity contribution in [3.8, 4) is 17.2 Å². The Labute approximate surface area is 181 Å². The van der Waals surface area contributed by atoms with Crippen LogP contribution in [0.25, 0.3) is 0 Å². The number of phenolic OH excluding ortho intramolecular Hbond substituents is 1. The van der Waals surface area contributed by atoms with E-state index in [1.165, 1.54) is 7.11 Å². The van der Waals surface area contributed by atoms with Gasteiger partial charge in [-0.1, -0.05) is 18.2 Å². The molecule has 1 aliphatic rings. The molecule has 0 saturated heterocycles. The fraction of sp³-hybridized carbons (Fsp3) is 0.391. The molecule has 3 rings (SSSR count). The quantitative estimate of drug-likeness (QED) is 0.701. The van der Waals surface area contributed by atoms with Crippen molar-refractivity contribution < 1.29 is 33.6 Å². The van der Waals surface area contributed by atoms with Gasteiger partial charge in [0.1, 0.15) is 24.0 Å². The maximum Gasteiger partial charge on any atom is 0.408 e. The summed E-state index contributed by atoms with van der Waals surface area (Å²) in [5.74, 6) is 0.732. The summed E-state index contributed by atoms with van der Waals surface area (Å²) in [6.45, 7) is 5.53. The molecule has 0 radical (unpaired) electrons. The normalized spacial score (nSPS) is 16.2. The largest absolute Gasteiger partial charge is 0.508 e. The van der Waals surface area contributed by atoms with Crippen LogP contribution in [0.4, 0.5) is 4.79 Å². The first-order valence-corrected chi connectivity index (χ1v) is 9.93. The fourth-order valence-corrected chi connectivity index (χ4v) is 3.12. The molecule has 2 aromatic rings. The molecule has 0 fully saturated rings. The molecule has 2 unspecified atom stereocenters. The van der Waals surface area contributed by atoms with Gasteiger partial charge in [0.05, 0.1) is 7.11 Å². The molecule has 31 heavy (non-hydrogen) atoms.